The van der Waals surface area contributed by atoms with Crippen LogP contribution in [-0.2, 0) is 0 Å². The Bertz CT molecular complexity index is 566. The van der Waals surface area contributed by atoms with E-state index in [0.29, 0.717) is 6.61 Å². The smallest absolute Gasteiger partial charge is 0.134 e. The Hall–Kier alpha value is -1.06. The van der Waals surface area contributed by atoms with Crippen LogP contribution in [-0.4, -0.2) is 20.2 Å². The van der Waals surface area contributed by atoms with Crippen molar-refractivity contribution in [3.63, 3.8) is 0 Å². The van der Waals surface area contributed by atoms with Gasteiger partial charge >= 0.3 is 0 Å². The molecule has 19 heavy (non-hydrogen) atoms. The van der Waals surface area contributed by atoms with E-state index in [2.05, 4.69) is 53.3 Å². The molecule has 0 aliphatic heterocycles. The predicted octanol–water partition coefficient (Wildman–Crippen LogP) is 4.23. The number of nitrogens with one attached hydrogen (secondary N) is 1. The monoisotopic (exact) mass is 321 g/mol. The van der Waals surface area contributed by atoms with Gasteiger partial charge in [-0.15, -0.1) is 0 Å². The lowest BCUT2D eigenvalue weighted by Gasteiger charge is -2.24. The molecule has 0 unspecified atom stereocenters. The van der Waals surface area contributed by atoms with Gasteiger partial charge in [0.25, 0.3) is 0 Å². The van der Waals surface area contributed by atoms with Crippen LogP contribution < -0.4 is 10.1 Å². The maximum atomic E-state index is 5.98. The van der Waals surface area contributed by atoms with Gasteiger partial charge in [0, 0.05) is 12.0 Å². The van der Waals surface area contributed by atoms with Crippen LogP contribution >= 0.6 is 15.9 Å². The standard InChI is InChI=1S/C16H20BrNO/c1-16(2,10-18-3)11-19-14-9-8-12-6-4-5-7-13(12)15(14)17/h4-9,18H,10-11H2,1-3H3. The molecule has 3 heteroatoms. The summed E-state index contributed by atoms with van der Waals surface area (Å²) in [6.07, 6.45) is 0. The summed E-state index contributed by atoms with van der Waals surface area (Å²) in [5.41, 5.74) is 0.111. The highest BCUT2D eigenvalue weighted by Gasteiger charge is 2.18. The highest BCUT2D eigenvalue weighted by molar-refractivity contribution is 9.10. The molecule has 2 rings (SSSR count). The molecule has 0 radical (unpaired) electrons. The summed E-state index contributed by atoms with van der Waals surface area (Å²) in [5, 5.41) is 5.60. The summed E-state index contributed by atoms with van der Waals surface area (Å²) in [6.45, 7) is 6.00. The van der Waals surface area contributed by atoms with Gasteiger partial charge in [-0.2, -0.15) is 0 Å². The quantitative estimate of drug-likeness (QED) is 0.889. The Kier molecular flexibility index (Phi) is 4.48. The second-order valence-corrected chi connectivity index (χ2v) is 6.38. The lowest BCUT2D eigenvalue weighted by Crippen LogP contribution is -2.32. The maximum absolute atomic E-state index is 5.98. The first-order valence-corrected chi connectivity index (χ1v) is 7.27. The van der Waals surface area contributed by atoms with Crippen molar-refractivity contribution in [2.45, 2.75) is 13.8 Å². The molecule has 2 aromatic carbocycles. The van der Waals surface area contributed by atoms with Crippen LogP contribution in [0.5, 0.6) is 5.75 Å². The number of ether oxygens (including phenoxy) is 1. The zero-order valence-corrected chi connectivity index (χ0v) is 13.3. The van der Waals surface area contributed by atoms with Gasteiger partial charge < -0.3 is 10.1 Å². The largest absolute Gasteiger partial charge is 0.492 e. The number of fused-ring (bicyclic) bond motifs is 1. The van der Waals surface area contributed by atoms with Crippen molar-refractivity contribution in [3.8, 4) is 5.75 Å². The average molecular weight is 322 g/mol. The third kappa shape index (κ3) is 3.48. The van der Waals surface area contributed by atoms with Crippen molar-refractivity contribution in [2.75, 3.05) is 20.2 Å². The lowest BCUT2D eigenvalue weighted by molar-refractivity contribution is 0.178. The first-order chi connectivity index (χ1) is 9.03. The van der Waals surface area contributed by atoms with E-state index in [1.807, 2.05) is 25.2 Å². The van der Waals surface area contributed by atoms with Crippen LogP contribution in [0.15, 0.2) is 40.9 Å². The minimum atomic E-state index is 0.111. The van der Waals surface area contributed by atoms with Gasteiger partial charge in [0.15, 0.2) is 0 Å². The summed E-state index contributed by atoms with van der Waals surface area (Å²) in [6, 6.07) is 12.4. The molecule has 2 nitrogen and oxygen atoms in total. The van der Waals surface area contributed by atoms with Gasteiger partial charge in [-0.3, -0.25) is 0 Å². The fourth-order valence-electron chi connectivity index (χ4n) is 2.13. The number of halogens is 1. The van der Waals surface area contributed by atoms with Crippen molar-refractivity contribution >= 4 is 26.7 Å². The average Bonchev–Trinajstić information content (AvgIpc) is 2.38. The van der Waals surface area contributed by atoms with Crippen molar-refractivity contribution in [2.24, 2.45) is 5.41 Å². The van der Waals surface area contributed by atoms with Crippen LogP contribution in [0.25, 0.3) is 10.8 Å². The molecule has 0 aliphatic carbocycles. The second-order valence-electron chi connectivity index (χ2n) is 5.58. The van der Waals surface area contributed by atoms with Gasteiger partial charge in [0.1, 0.15) is 5.75 Å². The molecule has 0 bridgehead atoms. The molecule has 2 aromatic rings. The minimum Gasteiger partial charge on any atom is -0.492 e. The zero-order chi connectivity index (χ0) is 13.9. The van der Waals surface area contributed by atoms with Gasteiger partial charge in [-0.25, -0.2) is 0 Å². The molecule has 102 valence electrons. The minimum absolute atomic E-state index is 0.111. The predicted molar refractivity (Wildman–Crippen MR) is 84.9 cm³/mol. The molecule has 0 saturated heterocycles. The van der Waals surface area contributed by atoms with Gasteiger partial charge in [0.05, 0.1) is 11.1 Å². The van der Waals surface area contributed by atoms with E-state index in [-0.39, 0.29) is 5.41 Å². The first-order valence-electron chi connectivity index (χ1n) is 6.48. The van der Waals surface area contributed by atoms with Crippen LogP contribution in [0.4, 0.5) is 0 Å². The summed E-state index contributed by atoms with van der Waals surface area (Å²) in [4.78, 5) is 0. The molecule has 0 heterocycles. The molecule has 0 fully saturated rings. The zero-order valence-electron chi connectivity index (χ0n) is 11.7. The van der Waals surface area contributed by atoms with Crippen LogP contribution in [0.2, 0.25) is 0 Å². The van der Waals surface area contributed by atoms with Crippen LogP contribution in [0.1, 0.15) is 13.8 Å². The fourth-order valence-corrected chi connectivity index (χ4v) is 2.74. The van der Waals surface area contributed by atoms with E-state index >= 15 is 0 Å². The molecular formula is C16H20BrNO. The molecule has 0 saturated carbocycles. The van der Waals surface area contributed by atoms with Crippen molar-refractivity contribution in [1.29, 1.82) is 0 Å². The van der Waals surface area contributed by atoms with Gasteiger partial charge in [-0.1, -0.05) is 44.2 Å². The SMILES string of the molecule is CNCC(C)(C)COc1ccc2ccccc2c1Br. The summed E-state index contributed by atoms with van der Waals surface area (Å²) < 4.78 is 7.01. The highest BCUT2D eigenvalue weighted by Crippen LogP contribution is 2.33. The Balaban J connectivity index is 2.20. The number of rotatable bonds is 5. The van der Waals surface area contributed by atoms with Gasteiger partial charge in [-0.05, 0) is 39.8 Å². The number of hydrogen-bond donors (Lipinski definition) is 1. The lowest BCUT2D eigenvalue weighted by atomic mass is 9.95. The summed E-state index contributed by atoms with van der Waals surface area (Å²) in [5.74, 6) is 0.905. The molecule has 0 atom stereocenters. The summed E-state index contributed by atoms with van der Waals surface area (Å²) >= 11 is 3.65. The molecule has 0 aliphatic rings. The number of hydrogen-bond acceptors (Lipinski definition) is 2. The highest BCUT2D eigenvalue weighted by atomic mass is 79.9. The van der Waals surface area contributed by atoms with Crippen LogP contribution in [0, 0.1) is 5.41 Å². The first kappa shape index (κ1) is 14.4. The van der Waals surface area contributed by atoms with E-state index in [4.69, 9.17) is 4.74 Å². The third-order valence-corrected chi connectivity index (χ3v) is 3.92. The maximum Gasteiger partial charge on any atom is 0.134 e. The third-order valence-electron chi connectivity index (χ3n) is 3.10. The second kappa shape index (κ2) is 5.93. The number of benzene rings is 2. The normalized spacial score (nSPS) is 11.8. The van der Waals surface area contributed by atoms with Gasteiger partial charge in [0.2, 0.25) is 0 Å². The van der Waals surface area contributed by atoms with Crippen LogP contribution in [0.3, 0.4) is 0 Å². The molecular weight excluding hydrogens is 302 g/mol. The Morgan fingerprint density at radius 2 is 1.89 bits per heavy atom. The molecule has 0 aromatic heterocycles. The van der Waals surface area contributed by atoms with E-state index in [0.717, 1.165) is 16.8 Å². The Labute approximate surface area is 123 Å². The van der Waals surface area contributed by atoms with E-state index < -0.39 is 0 Å². The fraction of sp³-hybridized carbons (Fsp3) is 0.375. The molecule has 1 N–H and O–H groups in total. The Morgan fingerprint density at radius 1 is 1.16 bits per heavy atom. The van der Waals surface area contributed by atoms with E-state index in [9.17, 15) is 0 Å². The van der Waals surface area contributed by atoms with Crippen molar-refractivity contribution < 1.29 is 4.74 Å². The van der Waals surface area contributed by atoms with Crippen molar-refractivity contribution in [3.05, 3.63) is 40.9 Å². The molecule has 0 amide bonds. The molecule has 0 spiro atoms. The van der Waals surface area contributed by atoms with Crippen molar-refractivity contribution in [1.82, 2.24) is 5.32 Å². The Morgan fingerprint density at radius 3 is 2.63 bits per heavy atom. The summed E-state index contributed by atoms with van der Waals surface area (Å²) in [7, 11) is 1.97. The van der Waals surface area contributed by atoms with E-state index in [1.165, 1.54) is 10.8 Å². The van der Waals surface area contributed by atoms with E-state index in [1.54, 1.807) is 0 Å². The topological polar surface area (TPSA) is 21.3 Å².